The molecule has 0 radical (unpaired) electrons. The summed E-state index contributed by atoms with van der Waals surface area (Å²) in [6.45, 7) is 6.08. The monoisotopic (exact) mass is 196 g/mol. The highest BCUT2D eigenvalue weighted by atomic mass is 15.2. The number of likely N-dealkylation sites (tertiary alicyclic amines) is 1. The van der Waals surface area contributed by atoms with Gasteiger partial charge in [0.2, 0.25) is 0 Å². The van der Waals surface area contributed by atoms with Crippen LogP contribution in [0, 0.1) is 5.92 Å². The van der Waals surface area contributed by atoms with Crippen LogP contribution in [-0.2, 0) is 0 Å². The Morgan fingerprint density at radius 2 is 1.86 bits per heavy atom. The number of rotatable bonds is 2. The van der Waals surface area contributed by atoms with Crippen LogP contribution in [0.1, 0.15) is 39.5 Å². The SMILES string of the molecule is CNC1CCN(C2CC(C)C2)C(C)C1. The molecule has 0 aromatic carbocycles. The first-order valence-electron chi connectivity index (χ1n) is 6.13. The van der Waals surface area contributed by atoms with Crippen molar-refractivity contribution in [3.8, 4) is 0 Å². The third-order valence-electron chi connectivity index (χ3n) is 4.15. The van der Waals surface area contributed by atoms with E-state index in [1.807, 2.05) is 0 Å². The van der Waals surface area contributed by atoms with E-state index in [2.05, 4.69) is 31.1 Å². The van der Waals surface area contributed by atoms with Crippen molar-refractivity contribution < 1.29 is 0 Å². The van der Waals surface area contributed by atoms with Crippen LogP contribution in [-0.4, -0.2) is 36.6 Å². The molecule has 0 aromatic rings. The highest BCUT2D eigenvalue weighted by molar-refractivity contribution is 4.91. The first kappa shape index (κ1) is 10.4. The molecule has 1 N–H and O–H groups in total. The molecule has 1 heterocycles. The minimum absolute atomic E-state index is 0.763. The number of nitrogens with one attached hydrogen (secondary N) is 1. The van der Waals surface area contributed by atoms with Crippen LogP contribution in [0.3, 0.4) is 0 Å². The zero-order valence-electron chi connectivity index (χ0n) is 9.79. The summed E-state index contributed by atoms with van der Waals surface area (Å²) in [6, 6.07) is 2.47. The van der Waals surface area contributed by atoms with Gasteiger partial charge >= 0.3 is 0 Å². The van der Waals surface area contributed by atoms with E-state index in [0.717, 1.165) is 24.0 Å². The van der Waals surface area contributed by atoms with E-state index >= 15 is 0 Å². The summed E-state index contributed by atoms with van der Waals surface area (Å²) in [4.78, 5) is 2.74. The summed E-state index contributed by atoms with van der Waals surface area (Å²) < 4.78 is 0. The van der Waals surface area contributed by atoms with Crippen LogP contribution in [0.2, 0.25) is 0 Å². The van der Waals surface area contributed by atoms with Crippen molar-refractivity contribution in [1.29, 1.82) is 0 Å². The number of hydrogen-bond donors (Lipinski definition) is 1. The molecule has 1 aliphatic heterocycles. The second-order valence-electron chi connectivity index (χ2n) is 5.33. The predicted molar refractivity (Wildman–Crippen MR) is 60.4 cm³/mol. The molecule has 1 aliphatic carbocycles. The largest absolute Gasteiger partial charge is 0.317 e. The van der Waals surface area contributed by atoms with E-state index in [-0.39, 0.29) is 0 Å². The third kappa shape index (κ3) is 1.96. The van der Waals surface area contributed by atoms with E-state index in [0.29, 0.717) is 0 Å². The Morgan fingerprint density at radius 1 is 1.14 bits per heavy atom. The average molecular weight is 196 g/mol. The van der Waals surface area contributed by atoms with Gasteiger partial charge in [-0.25, -0.2) is 0 Å². The van der Waals surface area contributed by atoms with E-state index in [1.54, 1.807) is 0 Å². The van der Waals surface area contributed by atoms with Gasteiger partial charge in [0.25, 0.3) is 0 Å². The Labute approximate surface area is 88.1 Å². The molecule has 2 unspecified atom stereocenters. The molecule has 2 atom stereocenters. The minimum Gasteiger partial charge on any atom is -0.317 e. The van der Waals surface area contributed by atoms with E-state index in [1.165, 1.54) is 32.2 Å². The van der Waals surface area contributed by atoms with E-state index in [9.17, 15) is 0 Å². The molecule has 2 aliphatic rings. The second kappa shape index (κ2) is 4.19. The van der Waals surface area contributed by atoms with E-state index < -0.39 is 0 Å². The maximum atomic E-state index is 3.41. The van der Waals surface area contributed by atoms with Crippen molar-refractivity contribution in [2.24, 2.45) is 5.92 Å². The van der Waals surface area contributed by atoms with Crippen molar-refractivity contribution in [3.63, 3.8) is 0 Å². The minimum atomic E-state index is 0.763. The van der Waals surface area contributed by atoms with Gasteiger partial charge in [0.1, 0.15) is 0 Å². The molecule has 2 heteroatoms. The van der Waals surface area contributed by atoms with Gasteiger partial charge in [-0.15, -0.1) is 0 Å². The standard InChI is InChI=1S/C12H24N2/c1-9-6-12(7-9)14-5-4-11(13-3)8-10(14)2/h9-13H,4-8H2,1-3H3. The van der Waals surface area contributed by atoms with E-state index in [4.69, 9.17) is 0 Å². The summed E-state index contributed by atoms with van der Waals surface area (Å²) in [5.74, 6) is 0.981. The van der Waals surface area contributed by atoms with Gasteiger partial charge < -0.3 is 5.32 Å². The summed E-state index contributed by atoms with van der Waals surface area (Å²) in [5, 5.41) is 3.41. The Bertz CT molecular complexity index is 187. The van der Waals surface area contributed by atoms with Gasteiger partial charge in [0.15, 0.2) is 0 Å². The van der Waals surface area contributed by atoms with Crippen LogP contribution >= 0.6 is 0 Å². The van der Waals surface area contributed by atoms with Crippen molar-refractivity contribution in [1.82, 2.24) is 10.2 Å². The molecule has 0 bridgehead atoms. The second-order valence-corrected chi connectivity index (χ2v) is 5.33. The van der Waals surface area contributed by atoms with Crippen LogP contribution in [0.5, 0.6) is 0 Å². The predicted octanol–water partition coefficient (Wildman–Crippen LogP) is 1.86. The van der Waals surface area contributed by atoms with Crippen LogP contribution in [0.4, 0.5) is 0 Å². The maximum Gasteiger partial charge on any atom is 0.0103 e. The smallest absolute Gasteiger partial charge is 0.0103 e. The normalized spacial score (nSPS) is 44.8. The van der Waals surface area contributed by atoms with Crippen LogP contribution in [0.15, 0.2) is 0 Å². The van der Waals surface area contributed by atoms with Crippen LogP contribution in [0.25, 0.3) is 0 Å². The Morgan fingerprint density at radius 3 is 2.36 bits per heavy atom. The highest BCUT2D eigenvalue weighted by Gasteiger charge is 2.35. The lowest BCUT2D eigenvalue weighted by atomic mass is 9.79. The zero-order valence-corrected chi connectivity index (χ0v) is 9.79. The molecule has 1 saturated heterocycles. The Kier molecular flexibility index (Phi) is 3.13. The van der Waals surface area contributed by atoms with Crippen LogP contribution < -0.4 is 5.32 Å². The van der Waals surface area contributed by atoms with Crippen molar-refractivity contribution in [2.45, 2.75) is 57.7 Å². The quantitative estimate of drug-likeness (QED) is 0.725. The Balaban J connectivity index is 1.83. The Hall–Kier alpha value is -0.0800. The van der Waals surface area contributed by atoms with Gasteiger partial charge in [-0.3, -0.25) is 4.90 Å². The van der Waals surface area contributed by atoms with Gasteiger partial charge in [-0.2, -0.15) is 0 Å². The van der Waals surface area contributed by atoms with Crippen molar-refractivity contribution in [3.05, 3.63) is 0 Å². The average Bonchev–Trinajstić information content (AvgIpc) is 2.13. The maximum absolute atomic E-state index is 3.41. The summed E-state index contributed by atoms with van der Waals surface area (Å²) in [7, 11) is 2.10. The summed E-state index contributed by atoms with van der Waals surface area (Å²) in [6.07, 6.45) is 5.55. The van der Waals surface area contributed by atoms with Gasteiger partial charge in [0, 0.05) is 24.7 Å². The molecule has 14 heavy (non-hydrogen) atoms. The fourth-order valence-electron chi connectivity index (χ4n) is 3.13. The molecule has 2 rings (SSSR count). The van der Waals surface area contributed by atoms with Crippen molar-refractivity contribution >= 4 is 0 Å². The molecule has 2 fully saturated rings. The highest BCUT2D eigenvalue weighted by Crippen LogP contribution is 2.34. The zero-order chi connectivity index (χ0) is 10.1. The topological polar surface area (TPSA) is 15.3 Å². The lowest BCUT2D eigenvalue weighted by Crippen LogP contribution is -2.54. The first-order valence-corrected chi connectivity index (χ1v) is 6.13. The first-order chi connectivity index (χ1) is 6.70. The van der Waals surface area contributed by atoms with Gasteiger partial charge in [-0.05, 0) is 45.6 Å². The lowest BCUT2D eigenvalue weighted by Gasteiger charge is -2.48. The number of piperidine rings is 1. The molecule has 82 valence electrons. The molecule has 1 saturated carbocycles. The van der Waals surface area contributed by atoms with Crippen molar-refractivity contribution in [2.75, 3.05) is 13.6 Å². The number of hydrogen-bond acceptors (Lipinski definition) is 2. The fraction of sp³-hybridized carbons (Fsp3) is 1.00. The molecular weight excluding hydrogens is 172 g/mol. The molecular formula is C12H24N2. The molecule has 0 aromatic heterocycles. The molecule has 0 amide bonds. The van der Waals surface area contributed by atoms with Gasteiger partial charge in [0.05, 0.1) is 0 Å². The summed E-state index contributed by atoms with van der Waals surface area (Å²) in [5.41, 5.74) is 0. The fourth-order valence-corrected chi connectivity index (χ4v) is 3.13. The third-order valence-corrected chi connectivity index (χ3v) is 4.15. The summed E-state index contributed by atoms with van der Waals surface area (Å²) >= 11 is 0. The van der Waals surface area contributed by atoms with Gasteiger partial charge in [-0.1, -0.05) is 6.92 Å². The lowest BCUT2D eigenvalue weighted by molar-refractivity contribution is 0.0244. The molecule has 2 nitrogen and oxygen atoms in total. The molecule has 0 spiro atoms. The number of nitrogens with zero attached hydrogens (tertiary/aromatic N) is 1.